The van der Waals surface area contributed by atoms with E-state index >= 15 is 0 Å². The zero-order valence-electron chi connectivity index (χ0n) is 18.3. The standard InChI is InChI=1S/C22H26N4O4S2/c1-15-6-7-20(30-3)18(10-15)24-32(28,29)17-11-19(22-23-16(2)14-31-22)26(12-17)13-21(27)25-8-4-5-9-25/h6-7,10-12,14,24H,4-5,8-9,13H2,1-3H3. The Hall–Kier alpha value is -2.85. The normalized spacial score (nSPS) is 14.0. The molecule has 4 rings (SSSR count). The predicted octanol–water partition coefficient (Wildman–Crippen LogP) is 3.66. The predicted molar refractivity (Wildman–Crippen MR) is 125 cm³/mol. The third-order valence-electron chi connectivity index (χ3n) is 5.38. The van der Waals surface area contributed by atoms with E-state index in [0.717, 1.165) is 37.2 Å². The van der Waals surface area contributed by atoms with Crippen LogP contribution < -0.4 is 9.46 Å². The van der Waals surface area contributed by atoms with Crippen molar-refractivity contribution in [2.24, 2.45) is 0 Å². The molecule has 0 radical (unpaired) electrons. The molecule has 0 unspecified atom stereocenters. The van der Waals surface area contributed by atoms with Gasteiger partial charge < -0.3 is 14.2 Å². The number of methoxy groups -OCH3 is 1. The number of carbonyl (C=O) groups excluding carboxylic acids is 1. The van der Waals surface area contributed by atoms with Gasteiger partial charge in [-0.15, -0.1) is 11.3 Å². The summed E-state index contributed by atoms with van der Waals surface area (Å²) in [5.74, 6) is 0.406. The van der Waals surface area contributed by atoms with Crippen LogP contribution in [0.2, 0.25) is 0 Å². The number of sulfonamides is 1. The molecule has 2 aromatic heterocycles. The molecule has 1 saturated heterocycles. The lowest BCUT2D eigenvalue weighted by atomic mass is 10.2. The highest BCUT2D eigenvalue weighted by Crippen LogP contribution is 2.31. The summed E-state index contributed by atoms with van der Waals surface area (Å²) >= 11 is 1.42. The molecule has 32 heavy (non-hydrogen) atoms. The monoisotopic (exact) mass is 474 g/mol. The number of rotatable bonds is 7. The van der Waals surface area contributed by atoms with E-state index in [1.54, 1.807) is 22.8 Å². The first-order valence-corrected chi connectivity index (χ1v) is 12.7. The Balaban J connectivity index is 1.70. The van der Waals surface area contributed by atoms with E-state index in [4.69, 9.17) is 4.74 Å². The number of anilines is 1. The van der Waals surface area contributed by atoms with Crippen molar-refractivity contribution in [3.8, 4) is 16.5 Å². The van der Waals surface area contributed by atoms with Crippen LogP contribution >= 0.6 is 11.3 Å². The number of likely N-dealkylation sites (tertiary alicyclic amines) is 1. The Kier molecular flexibility index (Phi) is 6.25. The Labute approximate surface area is 191 Å². The highest BCUT2D eigenvalue weighted by atomic mass is 32.2. The number of nitrogens with zero attached hydrogens (tertiary/aromatic N) is 3. The topological polar surface area (TPSA) is 93.5 Å². The molecule has 1 fully saturated rings. The highest BCUT2D eigenvalue weighted by Gasteiger charge is 2.25. The zero-order valence-corrected chi connectivity index (χ0v) is 19.9. The van der Waals surface area contributed by atoms with E-state index in [1.165, 1.54) is 24.6 Å². The molecule has 0 spiro atoms. The highest BCUT2D eigenvalue weighted by molar-refractivity contribution is 7.92. The van der Waals surface area contributed by atoms with Gasteiger partial charge in [0.2, 0.25) is 5.91 Å². The van der Waals surface area contributed by atoms with Gasteiger partial charge in [0.1, 0.15) is 22.2 Å². The van der Waals surface area contributed by atoms with Gasteiger partial charge in [0.05, 0.1) is 18.5 Å². The van der Waals surface area contributed by atoms with Crippen LogP contribution in [0.5, 0.6) is 5.75 Å². The fourth-order valence-corrected chi connectivity index (χ4v) is 5.66. The van der Waals surface area contributed by atoms with Crippen LogP contribution in [-0.2, 0) is 21.4 Å². The molecular formula is C22H26N4O4S2. The van der Waals surface area contributed by atoms with Gasteiger partial charge in [-0.3, -0.25) is 9.52 Å². The van der Waals surface area contributed by atoms with Gasteiger partial charge in [-0.2, -0.15) is 0 Å². The van der Waals surface area contributed by atoms with Crippen molar-refractivity contribution in [3.63, 3.8) is 0 Å². The number of ether oxygens (including phenoxy) is 1. The van der Waals surface area contributed by atoms with E-state index in [0.29, 0.717) is 22.1 Å². The quantitative estimate of drug-likeness (QED) is 0.564. The number of aryl methyl sites for hydroxylation is 2. The van der Waals surface area contributed by atoms with Crippen molar-refractivity contribution in [2.75, 3.05) is 24.9 Å². The van der Waals surface area contributed by atoms with E-state index in [1.807, 2.05) is 30.2 Å². The smallest absolute Gasteiger partial charge is 0.263 e. The molecule has 1 N–H and O–H groups in total. The molecule has 3 aromatic rings. The lowest BCUT2D eigenvalue weighted by Crippen LogP contribution is -2.31. The summed E-state index contributed by atoms with van der Waals surface area (Å²) in [5, 5.41) is 2.57. The molecule has 10 heteroatoms. The van der Waals surface area contributed by atoms with Crippen molar-refractivity contribution >= 4 is 33.0 Å². The lowest BCUT2D eigenvalue weighted by molar-refractivity contribution is -0.130. The SMILES string of the molecule is COc1ccc(C)cc1NS(=O)(=O)c1cc(-c2nc(C)cs2)n(CC(=O)N2CCCC2)c1. The molecule has 1 aliphatic heterocycles. The number of thiazole rings is 1. The molecule has 0 aliphatic carbocycles. The summed E-state index contributed by atoms with van der Waals surface area (Å²) in [5.41, 5.74) is 2.71. The van der Waals surface area contributed by atoms with E-state index in [-0.39, 0.29) is 17.3 Å². The fourth-order valence-electron chi connectivity index (χ4n) is 3.73. The molecule has 1 aliphatic rings. The van der Waals surface area contributed by atoms with Gasteiger partial charge in [-0.25, -0.2) is 13.4 Å². The van der Waals surface area contributed by atoms with Crippen LogP contribution in [0.1, 0.15) is 24.1 Å². The van der Waals surface area contributed by atoms with Crippen LogP contribution in [0.15, 0.2) is 40.7 Å². The van der Waals surface area contributed by atoms with Crippen molar-refractivity contribution in [3.05, 3.63) is 47.1 Å². The fraction of sp³-hybridized carbons (Fsp3) is 0.364. The molecule has 0 bridgehead atoms. The average molecular weight is 475 g/mol. The van der Waals surface area contributed by atoms with Gasteiger partial charge in [0.15, 0.2) is 0 Å². The van der Waals surface area contributed by atoms with E-state index in [9.17, 15) is 13.2 Å². The summed E-state index contributed by atoms with van der Waals surface area (Å²) in [6, 6.07) is 6.85. The summed E-state index contributed by atoms with van der Waals surface area (Å²) < 4.78 is 36.1. The number of aromatic nitrogens is 2. The molecule has 0 atom stereocenters. The molecule has 3 heterocycles. The van der Waals surface area contributed by atoms with Gasteiger partial charge in [0.25, 0.3) is 10.0 Å². The first kappa shape index (κ1) is 22.3. The number of hydrogen-bond acceptors (Lipinski definition) is 6. The maximum absolute atomic E-state index is 13.2. The lowest BCUT2D eigenvalue weighted by Gasteiger charge is -2.16. The third kappa shape index (κ3) is 4.66. The molecule has 8 nitrogen and oxygen atoms in total. The van der Waals surface area contributed by atoms with Crippen LogP contribution in [0.25, 0.3) is 10.7 Å². The third-order valence-corrected chi connectivity index (χ3v) is 7.70. The van der Waals surface area contributed by atoms with E-state index in [2.05, 4.69) is 9.71 Å². The molecule has 0 saturated carbocycles. The first-order valence-electron chi connectivity index (χ1n) is 10.3. The number of hydrogen-bond donors (Lipinski definition) is 1. The van der Waals surface area contributed by atoms with Crippen LogP contribution in [-0.4, -0.2) is 49.0 Å². The average Bonchev–Trinajstić information content (AvgIpc) is 3.48. The van der Waals surface area contributed by atoms with Crippen LogP contribution in [0.4, 0.5) is 5.69 Å². The first-order chi connectivity index (χ1) is 15.3. The second-order valence-corrected chi connectivity index (χ2v) is 10.4. The van der Waals surface area contributed by atoms with Crippen molar-refractivity contribution in [1.82, 2.24) is 14.5 Å². The van der Waals surface area contributed by atoms with Crippen molar-refractivity contribution < 1.29 is 17.9 Å². The Morgan fingerprint density at radius 1 is 1.22 bits per heavy atom. The number of carbonyl (C=O) groups is 1. The minimum atomic E-state index is -3.92. The minimum absolute atomic E-state index is 0.0233. The van der Waals surface area contributed by atoms with E-state index < -0.39 is 10.0 Å². The summed E-state index contributed by atoms with van der Waals surface area (Å²) in [7, 11) is -2.43. The summed E-state index contributed by atoms with van der Waals surface area (Å²) in [6.07, 6.45) is 3.50. The van der Waals surface area contributed by atoms with Crippen molar-refractivity contribution in [2.45, 2.75) is 38.1 Å². The molecule has 1 aromatic carbocycles. The van der Waals surface area contributed by atoms with Crippen LogP contribution in [0, 0.1) is 13.8 Å². The summed E-state index contributed by atoms with van der Waals surface area (Å²) in [4.78, 5) is 19.2. The zero-order chi connectivity index (χ0) is 22.9. The minimum Gasteiger partial charge on any atom is -0.495 e. The maximum atomic E-state index is 13.2. The Morgan fingerprint density at radius 2 is 1.97 bits per heavy atom. The number of benzene rings is 1. The molecule has 170 valence electrons. The molecular weight excluding hydrogens is 448 g/mol. The van der Waals surface area contributed by atoms with Gasteiger partial charge in [-0.05, 0) is 50.5 Å². The van der Waals surface area contributed by atoms with Crippen LogP contribution in [0.3, 0.4) is 0 Å². The Bertz CT molecular complexity index is 1240. The van der Waals surface area contributed by atoms with Gasteiger partial charge in [0, 0.05) is 30.4 Å². The number of amides is 1. The number of nitrogens with one attached hydrogen (secondary N) is 1. The summed E-state index contributed by atoms with van der Waals surface area (Å²) in [6.45, 7) is 5.31. The second kappa shape index (κ2) is 8.95. The van der Waals surface area contributed by atoms with Gasteiger partial charge in [-0.1, -0.05) is 6.07 Å². The van der Waals surface area contributed by atoms with Crippen molar-refractivity contribution in [1.29, 1.82) is 0 Å². The molecule has 1 amide bonds. The largest absolute Gasteiger partial charge is 0.495 e. The van der Waals surface area contributed by atoms with Gasteiger partial charge >= 0.3 is 0 Å². The Morgan fingerprint density at radius 3 is 2.62 bits per heavy atom. The second-order valence-electron chi connectivity index (χ2n) is 7.88. The maximum Gasteiger partial charge on any atom is 0.263 e.